The number of nitrogens with zero attached hydrogens (tertiary/aromatic N) is 2. The highest BCUT2D eigenvalue weighted by atomic mass is 32.1. The van der Waals surface area contributed by atoms with Crippen LogP contribution in [-0.4, -0.2) is 25.0 Å². The summed E-state index contributed by atoms with van der Waals surface area (Å²) in [7, 11) is 2.03. The zero-order valence-electron chi connectivity index (χ0n) is 10.2. The minimum absolute atomic E-state index is 0.0662. The summed E-state index contributed by atoms with van der Waals surface area (Å²) < 4.78 is 0. The molecule has 17 heavy (non-hydrogen) atoms. The Labute approximate surface area is 107 Å². The Balaban J connectivity index is 2.52. The second-order valence-corrected chi connectivity index (χ2v) is 5.17. The Kier molecular flexibility index (Phi) is 5.72. The SMILES string of the molecule is CC(C#N)CN(C)Cc1ccc(C#CCN)s1. The fraction of sp³-hybridized carbons (Fsp3) is 0.462. The zero-order valence-corrected chi connectivity index (χ0v) is 11.0. The zero-order chi connectivity index (χ0) is 12.7. The maximum atomic E-state index is 8.75. The first-order valence-electron chi connectivity index (χ1n) is 5.51. The van der Waals surface area contributed by atoms with Crippen LogP contribution in [0.2, 0.25) is 0 Å². The van der Waals surface area contributed by atoms with E-state index in [4.69, 9.17) is 11.0 Å². The van der Waals surface area contributed by atoms with E-state index >= 15 is 0 Å². The molecule has 1 unspecified atom stereocenters. The van der Waals surface area contributed by atoms with Crippen LogP contribution in [0.25, 0.3) is 0 Å². The Morgan fingerprint density at radius 1 is 1.53 bits per heavy atom. The molecule has 0 bridgehead atoms. The Hall–Kier alpha value is -1.33. The third-order valence-electron chi connectivity index (χ3n) is 2.21. The molecule has 4 heteroatoms. The lowest BCUT2D eigenvalue weighted by Gasteiger charge is -2.16. The number of thiophene rings is 1. The van der Waals surface area contributed by atoms with Crippen LogP contribution < -0.4 is 5.73 Å². The van der Waals surface area contributed by atoms with Crippen molar-refractivity contribution in [2.75, 3.05) is 20.1 Å². The highest BCUT2D eigenvalue weighted by Crippen LogP contribution is 2.17. The molecule has 0 aliphatic carbocycles. The summed E-state index contributed by atoms with van der Waals surface area (Å²) in [5, 5.41) is 8.75. The minimum Gasteiger partial charge on any atom is -0.320 e. The van der Waals surface area contributed by atoms with Crippen molar-refractivity contribution in [3.63, 3.8) is 0 Å². The molecule has 1 aromatic heterocycles. The third-order valence-corrected chi connectivity index (χ3v) is 3.19. The second kappa shape index (κ2) is 7.09. The van der Waals surface area contributed by atoms with Gasteiger partial charge in [-0.05, 0) is 26.1 Å². The number of rotatable bonds is 4. The number of hydrogen-bond acceptors (Lipinski definition) is 4. The summed E-state index contributed by atoms with van der Waals surface area (Å²) in [5.74, 6) is 5.93. The maximum absolute atomic E-state index is 8.75. The van der Waals surface area contributed by atoms with Gasteiger partial charge in [-0.1, -0.05) is 11.8 Å². The van der Waals surface area contributed by atoms with Crippen LogP contribution in [0.5, 0.6) is 0 Å². The van der Waals surface area contributed by atoms with Crippen LogP contribution >= 0.6 is 11.3 Å². The van der Waals surface area contributed by atoms with Gasteiger partial charge in [0.05, 0.1) is 23.4 Å². The monoisotopic (exact) mass is 247 g/mol. The predicted octanol–water partition coefficient (Wildman–Crippen LogP) is 1.65. The van der Waals surface area contributed by atoms with Gasteiger partial charge in [0.25, 0.3) is 0 Å². The summed E-state index contributed by atoms with van der Waals surface area (Å²) in [4.78, 5) is 4.46. The lowest BCUT2D eigenvalue weighted by Crippen LogP contribution is -2.22. The van der Waals surface area contributed by atoms with E-state index < -0.39 is 0 Å². The van der Waals surface area contributed by atoms with Crippen molar-refractivity contribution in [2.24, 2.45) is 11.7 Å². The molecule has 3 nitrogen and oxygen atoms in total. The lowest BCUT2D eigenvalue weighted by molar-refractivity contribution is 0.305. The maximum Gasteiger partial charge on any atom is 0.0772 e. The molecule has 1 heterocycles. The summed E-state index contributed by atoms with van der Waals surface area (Å²) in [5.41, 5.74) is 5.33. The van der Waals surface area contributed by atoms with Crippen LogP contribution in [0, 0.1) is 29.1 Å². The highest BCUT2D eigenvalue weighted by Gasteiger charge is 2.07. The van der Waals surface area contributed by atoms with Gasteiger partial charge in [0.2, 0.25) is 0 Å². The van der Waals surface area contributed by atoms with Crippen molar-refractivity contribution in [1.82, 2.24) is 4.90 Å². The van der Waals surface area contributed by atoms with Gasteiger partial charge in [0.15, 0.2) is 0 Å². The number of hydrogen-bond donors (Lipinski definition) is 1. The molecule has 0 aliphatic rings. The second-order valence-electron chi connectivity index (χ2n) is 4.00. The normalized spacial score (nSPS) is 11.7. The first-order valence-corrected chi connectivity index (χ1v) is 6.33. The van der Waals surface area contributed by atoms with Crippen LogP contribution in [0.3, 0.4) is 0 Å². The van der Waals surface area contributed by atoms with Gasteiger partial charge < -0.3 is 10.6 Å². The van der Waals surface area contributed by atoms with E-state index in [0.29, 0.717) is 6.54 Å². The average molecular weight is 247 g/mol. The summed E-state index contributed by atoms with van der Waals surface area (Å²) in [6.45, 7) is 3.98. The smallest absolute Gasteiger partial charge is 0.0772 e. The molecule has 90 valence electrons. The van der Waals surface area contributed by atoms with E-state index in [9.17, 15) is 0 Å². The van der Waals surface area contributed by atoms with Gasteiger partial charge in [-0.3, -0.25) is 0 Å². The van der Waals surface area contributed by atoms with E-state index in [1.807, 2.05) is 20.0 Å². The Morgan fingerprint density at radius 3 is 2.94 bits per heavy atom. The Bertz CT molecular complexity index is 447. The first kappa shape index (κ1) is 13.7. The predicted molar refractivity (Wildman–Crippen MR) is 71.4 cm³/mol. The van der Waals surface area contributed by atoms with Gasteiger partial charge in [-0.15, -0.1) is 11.3 Å². The van der Waals surface area contributed by atoms with Crippen molar-refractivity contribution in [2.45, 2.75) is 13.5 Å². The van der Waals surface area contributed by atoms with Gasteiger partial charge >= 0.3 is 0 Å². The summed E-state index contributed by atoms with van der Waals surface area (Å²) in [6.07, 6.45) is 0. The van der Waals surface area contributed by atoms with Gasteiger partial charge in [0.1, 0.15) is 0 Å². The molecule has 0 spiro atoms. The molecule has 0 aromatic carbocycles. The van der Waals surface area contributed by atoms with E-state index in [1.165, 1.54) is 4.88 Å². The van der Waals surface area contributed by atoms with Crippen LogP contribution in [-0.2, 0) is 6.54 Å². The largest absolute Gasteiger partial charge is 0.320 e. The average Bonchev–Trinajstić information content (AvgIpc) is 2.73. The molecule has 0 saturated heterocycles. The van der Waals surface area contributed by atoms with Gasteiger partial charge in [-0.25, -0.2) is 0 Å². The summed E-state index contributed by atoms with van der Waals surface area (Å²) >= 11 is 1.68. The molecular formula is C13H17N3S. The molecule has 2 N–H and O–H groups in total. The Morgan fingerprint density at radius 2 is 2.29 bits per heavy atom. The van der Waals surface area contributed by atoms with Crippen molar-refractivity contribution in [1.29, 1.82) is 5.26 Å². The standard InChI is InChI=1S/C13H17N3S/c1-11(8-15)9-16(2)10-13-6-5-12(17-13)4-3-7-14/h5-6,11H,7,9-10,14H2,1-2H3. The van der Waals surface area contributed by atoms with Gasteiger partial charge in [0, 0.05) is 18.0 Å². The van der Waals surface area contributed by atoms with E-state index in [0.717, 1.165) is 18.0 Å². The van der Waals surface area contributed by atoms with Crippen molar-refractivity contribution in [3.05, 3.63) is 21.9 Å². The lowest BCUT2D eigenvalue weighted by atomic mass is 10.2. The van der Waals surface area contributed by atoms with Crippen LogP contribution in [0.4, 0.5) is 0 Å². The molecule has 0 radical (unpaired) electrons. The quantitative estimate of drug-likeness (QED) is 0.823. The number of nitrogens with two attached hydrogens (primary N) is 1. The molecule has 0 amide bonds. The molecular weight excluding hydrogens is 230 g/mol. The van der Waals surface area contributed by atoms with E-state index in [2.05, 4.69) is 28.9 Å². The van der Waals surface area contributed by atoms with Crippen LogP contribution in [0.1, 0.15) is 16.7 Å². The van der Waals surface area contributed by atoms with Crippen molar-refractivity contribution >= 4 is 11.3 Å². The molecule has 0 aliphatic heterocycles. The molecule has 0 saturated carbocycles. The van der Waals surface area contributed by atoms with Crippen LogP contribution in [0.15, 0.2) is 12.1 Å². The van der Waals surface area contributed by atoms with Gasteiger partial charge in [-0.2, -0.15) is 5.26 Å². The van der Waals surface area contributed by atoms with E-state index in [1.54, 1.807) is 11.3 Å². The fourth-order valence-corrected chi connectivity index (χ4v) is 2.47. The summed E-state index contributed by atoms with van der Waals surface area (Å²) in [6, 6.07) is 6.34. The van der Waals surface area contributed by atoms with Crippen molar-refractivity contribution < 1.29 is 0 Å². The topological polar surface area (TPSA) is 53.0 Å². The molecule has 0 fully saturated rings. The van der Waals surface area contributed by atoms with E-state index in [-0.39, 0.29) is 5.92 Å². The molecule has 1 atom stereocenters. The fourth-order valence-electron chi connectivity index (χ4n) is 1.51. The number of nitriles is 1. The first-order chi connectivity index (χ1) is 8.15. The molecule has 1 rings (SSSR count). The third kappa shape index (κ3) is 5.01. The minimum atomic E-state index is 0.0662. The molecule has 1 aromatic rings. The van der Waals surface area contributed by atoms with Crippen molar-refractivity contribution in [3.8, 4) is 17.9 Å². The highest BCUT2D eigenvalue weighted by molar-refractivity contribution is 7.12.